The highest BCUT2D eigenvalue weighted by atomic mass is 15.1. The van der Waals surface area contributed by atoms with Gasteiger partial charge >= 0.3 is 0 Å². The summed E-state index contributed by atoms with van der Waals surface area (Å²) in [6, 6.07) is 7.69. The van der Waals surface area contributed by atoms with E-state index in [0.29, 0.717) is 5.78 Å². The van der Waals surface area contributed by atoms with E-state index in [0.717, 1.165) is 11.4 Å². The van der Waals surface area contributed by atoms with E-state index in [-0.39, 0.29) is 0 Å². The van der Waals surface area contributed by atoms with Gasteiger partial charge in [0.05, 0.1) is 11.4 Å². The first kappa shape index (κ1) is 8.11. The zero-order chi connectivity index (χ0) is 10.1. The largest absolute Gasteiger partial charge is 0.291 e. The van der Waals surface area contributed by atoms with Gasteiger partial charge in [0.2, 0.25) is 5.78 Å². The van der Waals surface area contributed by atoms with Crippen LogP contribution < -0.4 is 0 Å². The first-order valence-corrected chi connectivity index (χ1v) is 4.64. The van der Waals surface area contributed by atoms with Crippen molar-refractivity contribution in [3.05, 3.63) is 49.1 Å². The Bertz CT molecular complexity index is 586. The van der Waals surface area contributed by atoms with Crippen molar-refractivity contribution < 1.29 is 0 Å². The zero-order valence-electron chi connectivity index (χ0n) is 7.91. The first-order chi connectivity index (χ1) is 7.43. The number of rotatable bonds is 1. The van der Waals surface area contributed by atoms with Gasteiger partial charge < -0.3 is 0 Å². The predicted octanol–water partition coefficient (Wildman–Crippen LogP) is 1.79. The van der Waals surface area contributed by atoms with Crippen molar-refractivity contribution in [3.63, 3.8) is 0 Å². The van der Waals surface area contributed by atoms with Gasteiger partial charge in [0.25, 0.3) is 0 Å². The van der Waals surface area contributed by atoms with E-state index in [1.165, 1.54) is 0 Å². The Balaban J connectivity index is 2.19. The molecule has 0 fully saturated rings. The second-order valence-electron chi connectivity index (χ2n) is 3.16. The molecule has 0 atom stereocenters. The van der Waals surface area contributed by atoms with Crippen molar-refractivity contribution in [3.8, 4) is 11.4 Å². The number of hydrogen-bond donors (Lipinski definition) is 0. The minimum Gasteiger partial charge on any atom is -0.291 e. The van der Waals surface area contributed by atoms with E-state index in [1.54, 1.807) is 12.4 Å². The van der Waals surface area contributed by atoms with E-state index < -0.39 is 0 Å². The van der Waals surface area contributed by atoms with Gasteiger partial charge in [-0.25, -0.2) is 9.97 Å². The Labute approximate surface area is 86.3 Å². The Kier molecular flexibility index (Phi) is 1.71. The molecule has 0 aromatic carbocycles. The van der Waals surface area contributed by atoms with E-state index in [9.17, 15) is 0 Å². The maximum Gasteiger partial charge on any atom is 0.234 e. The van der Waals surface area contributed by atoms with Crippen LogP contribution >= 0.6 is 0 Å². The van der Waals surface area contributed by atoms with E-state index in [2.05, 4.69) is 15.0 Å². The first-order valence-electron chi connectivity index (χ1n) is 4.64. The van der Waals surface area contributed by atoms with Gasteiger partial charge in [-0.2, -0.15) is 0 Å². The SMILES string of the molecule is c1ccc(-c2ccn3ccnc3n2)nc1. The number of aromatic nitrogens is 4. The third-order valence-electron chi connectivity index (χ3n) is 2.19. The van der Waals surface area contributed by atoms with Crippen LogP contribution in [-0.2, 0) is 0 Å². The summed E-state index contributed by atoms with van der Waals surface area (Å²) in [5, 5.41) is 0. The van der Waals surface area contributed by atoms with Crippen molar-refractivity contribution >= 4 is 5.78 Å². The Morgan fingerprint density at radius 1 is 0.867 bits per heavy atom. The molecule has 3 aromatic heterocycles. The summed E-state index contributed by atoms with van der Waals surface area (Å²) in [5.74, 6) is 0.693. The molecule has 0 radical (unpaired) electrons. The fourth-order valence-corrected chi connectivity index (χ4v) is 1.46. The maximum atomic E-state index is 4.39. The van der Waals surface area contributed by atoms with Gasteiger partial charge in [0.15, 0.2) is 0 Å². The molecular formula is C11H8N4. The third kappa shape index (κ3) is 1.36. The monoisotopic (exact) mass is 196 g/mol. The Hall–Kier alpha value is -2.23. The minimum atomic E-state index is 0.693. The standard InChI is InChI=1S/C11H8N4/c1-2-5-12-9(3-1)10-4-7-15-8-6-13-11(15)14-10/h1-8H. The highest BCUT2D eigenvalue weighted by molar-refractivity contribution is 5.55. The molecule has 0 aliphatic heterocycles. The highest BCUT2D eigenvalue weighted by Gasteiger charge is 2.01. The van der Waals surface area contributed by atoms with Crippen molar-refractivity contribution in [2.75, 3.05) is 0 Å². The molecule has 0 aliphatic rings. The van der Waals surface area contributed by atoms with E-state index in [4.69, 9.17) is 0 Å². The van der Waals surface area contributed by atoms with Crippen molar-refractivity contribution in [2.45, 2.75) is 0 Å². The molecule has 0 amide bonds. The Morgan fingerprint density at radius 3 is 2.73 bits per heavy atom. The highest BCUT2D eigenvalue weighted by Crippen LogP contribution is 2.13. The van der Waals surface area contributed by atoms with Crippen molar-refractivity contribution in [1.29, 1.82) is 0 Å². The molecule has 3 aromatic rings. The molecular weight excluding hydrogens is 188 g/mol. The number of fused-ring (bicyclic) bond motifs is 1. The lowest BCUT2D eigenvalue weighted by molar-refractivity contribution is 1.10. The second kappa shape index (κ2) is 3.16. The van der Waals surface area contributed by atoms with Crippen molar-refractivity contribution in [2.24, 2.45) is 0 Å². The molecule has 0 saturated heterocycles. The van der Waals surface area contributed by atoms with Gasteiger partial charge in [-0.1, -0.05) is 6.07 Å². The Morgan fingerprint density at radius 2 is 1.87 bits per heavy atom. The molecule has 15 heavy (non-hydrogen) atoms. The summed E-state index contributed by atoms with van der Waals surface area (Å²) in [6.07, 6.45) is 7.28. The molecule has 0 saturated carbocycles. The molecule has 3 rings (SSSR count). The number of pyridine rings is 1. The van der Waals surface area contributed by atoms with Crippen LogP contribution in [0.5, 0.6) is 0 Å². The smallest absolute Gasteiger partial charge is 0.234 e. The summed E-state index contributed by atoms with van der Waals surface area (Å²) >= 11 is 0. The maximum absolute atomic E-state index is 4.39. The lowest BCUT2D eigenvalue weighted by Crippen LogP contribution is -1.91. The molecule has 0 unspecified atom stereocenters. The average molecular weight is 196 g/mol. The van der Waals surface area contributed by atoms with Crippen LogP contribution in [0.25, 0.3) is 17.2 Å². The van der Waals surface area contributed by atoms with Crippen molar-refractivity contribution in [1.82, 2.24) is 19.4 Å². The van der Waals surface area contributed by atoms with Gasteiger partial charge in [-0.3, -0.25) is 9.38 Å². The fourth-order valence-electron chi connectivity index (χ4n) is 1.46. The fraction of sp³-hybridized carbons (Fsp3) is 0. The second-order valence-corrected chi connectivity index (χ2v) is 3.16. The normalized spacial score (nSPS) is 10.7. The molecule has 3 heterocycles. The summed E-state index contributed by atoms with van der Waals surface area (Å²) in [7, 11) is 0. The predicted molar refractivity (Wildman–Crippen MR) is 56.2 cm³/mol. The lowest BCUT2D eigenvalue weighted by Gasteiger charge is -1.99. The van der Waals surface area contributed by atoms with E-state index in [1.807, 2.05) is 41.1 Å². The minimum absolute atomic E-state index is 0.693. The molecule has 4 nitrogen and oxygen atoms in total. The number of hydrogen-bond acceptors (Lipinski definition) is 3. The van der Waals surface area contributed by atoms with Crippen LogP contribution in [0.4, 0.5) is 0 Å². The van der Waals surface area contributed by atoms with Crippen LogP contribution in [0.3, 0.4) is 0 Å². The quantitative estimate of drug-likeness (QED) is 0.596. The summed E-state index contributed by atoms with van der Waals surface area (Å²) in [5.41, 5.74) is 1.71. The van der Waals surface area contributed by atoms with Gasteiger partial charge in [0.1, 0.15) is 0 Å². The number of nitrogens with zero attached hydrogens (tertiary/aromatic N) is 4. The molecule has 0 bridgehead atoms. The lowest BCUT2D eigenvalue weighted by atomic mass is 10.3. The summed E-state index contributed by atoms with van der Waals surface area (Å²) in [4.78, 5) is 12.8. The van der Waals surface area contributed by atoms with Gasteiger partial charge in [-0.05, 0) is 18.2 Å². The van der Waals surface area contributed by atoms with Crippen LogP contribution in [-0.4, -0.2) is 19.4 Å². The van der Waals surface area contributed by atoms with E-state index >= 15 is 0 Å². The molecule has 0 N–H and O–H groups in total. The summed E-state index contributed by atoms with van der Waals surface area (Å²) < 4.78 is 1.87. The summed E-state index contributed by atoms with van der Waals surface area (Å²) in [6.45, 7) is 0. The molecule has 72 valence electrons. The van der Waals surface area contributed by atoms with Gasteiger partial charge in [-0.15, -0.1) is 0 Å². The number of imidazole rings is 1. The van der Waals surface area contributed by atoms with Crippen LogP contribution in [0.1, 0.15) is 0 Å². The van der Waals surface area contributed by atoms with Crippen LogP contribution in [0.2, 0.25) is 0 Å². The molecule has 0 aliphatic carbocycles. The molecule has 0 spiro atoms. The van der Waals surface area contributed by atoms with Crippen LogP contribution in [0.15, 0.2) is 49.1 Å². The average Bonchev–Trinajstić information content (AvgIpc) is 2.77. The molecule has 4 heteroatoms. The third-order valence-corrected chi connectivity index (χ3v) is 2.19. The zero-order valence-corrected chi connectivity index (χ0v) is 7.91. The van der Waals surface area contributed by atoms with Gasteiger partial charge in [0, 0.05) is 24.8 Å². The topological polar surface area (TPSA) is 43.1 Å². The van der Waals surface area contributed by atoms with Crippen LogP contribution in [0, 0.1) is 0 Å².